The fraction of sp³-hybridized carbons (Fsp3) is 0.400. The average Bonchev–Trinajstić information content (AvgIpc) is 2.83. The number of H-pyrrole nitrogens is 1. The average molecular weight is 293 g/mol. The van der Waals surface area contributed by atoms with Crippen molar-refractivity contribution in [3.05, 3.63) is 30.0 Å². The van der Waals surface area contributed by atoms with Gasteiger partial charge in [0, 0.05) is 23.7 Å². The summed E-state index contributed by atoms with van der Waals surface area (Å²) in [4.78, 5) is 14.8. The molecule has 6 heteroatoms. The Morgan fingerprint density at radius 3 is 2.62 bits per heavy atom. The van der Waals surface area contributed by atoms with E-state index in [0.717, 1.165) is 37.8 Å². The third-order valence-corrected chi connectivity index (χ3v) is 3.91. The van der Waals surface area contributed by atoms with E-state index in [2.05, 4.69) is 15.6 Å². The molecule has 0 radical (unpaired) electrons. The van der Waals surface area contributed by atoms with Crippen LogP contribution in [0, 0.1) is 11.6 Å². The van der Waals surface area contributed by atoms with Crippen LogP contribution >= 0.6 is 0 Å². The van der Waals surface area contributed by atoms with Gasteiger partial charge in [-0.3, -0.25) is 0 Å². The monoisotopic (exact) mass is 293 g/mol. The smallest absolute Gasteiger partial charge is 0.319 e. The molecule has 1 aromatic carbocycles. The van der Waals surface area contributed by atoms with E-state index in [4.69, 9.17) is 0 Å². The van der Waals surface area contributed by atoms with Crippen molar-refractivity contribution in [2.24, 2.45) is 0 Å². The lowest BCUT2D eigenvalue weighted by Crippen LogP contribution is -2.38. The number of aromatic nitrogens is 1. The first-order valence-corrected chi connectivity index (χ1v) is 7.17. The molecular weight excluding hydrogens is 276 g/mol. The van der Waals surface area contributed by atoms with E-state index in [9.17, 15) is 13.6 Å². The van der Waals surface area contributed by atoms with Crippen molar-refractivity contribution in [2.75, 3.05) is 5.32 Å². The molecule has 0 unspecified atom stereocenters. The summed E-state index contributed by atoms with van der Waals surface area (Å²) in [6.45, 7) is 0. The minimum absolute atomic E-state index is 0.193. The number of fused-ring (bicyclic) bond motifs is 1. The number of aromatic amines is 1. The number of hydrogen-bond donors (Lipinski definition) is 3. The lowest BCUT2D eigenvalue weighted by Gasteiger charge is -2.22. The molecule has 1 saturated carbocycles. The number of carbonyl (C=O) groups excluding carboxylic acids is 1. The molecular formula is C15H17F2N3O. The van der Waals surface area contributed by atoms with Crippen LogP contribution in [0.1, 0.15) is 32.1 Å². The Balaban J connectivity index is 1.72. The van der Waals surface area contributed by atoms with Crippen molar-refractivity contribution in [3.8, 4) is 0 Å². The fourth-order valence-corrected chi connectivity index (χ4v) is 2.81. The summed E-state index contributed by atoms with van der Waals surface area (Å²) >= 11 is 0. The maximum Gasteiger partial charge on any atom is 0.319 e. The zero-order valence-electron chi connectivity index (χ0n) is 11.5. The summed E-state index contributed by atoms with van der Waals surface area (Å²) in [6.07, 6.45) is 6.98. The van der Waals surface area contributed by atoms with Gasteiger partial charge in [0.1, 0.15) is 0 Å². The largest absolute Gasteiger partial charge is 0.359 e. The van der Waals surface area contributed by atoms with Gasteiger partial charge in [0.25, 0.3) is 0 Å². The molecule has 4 nitrogen and oxygen atoms in total. The van der Waals surface area contributed by atoms with Crippen molar-refractivity contribution in [3.63, 3.8) is 0 Å². The van der Waals surface area contributed by atoms with Crippen LogP contribution in [-0.2, 0) is 0 Å². The van der Waals surface area contributed by atoms with Gasteiger partial charge in [-0.15, -0.1) is 0 Å². The Hall–Kier alpha value is -2.11. The van der Waals surface area contributed by atoms with E-state index in [1.54, 1.807) is 0 Å². The molecule has 112 valence electrons. The zero-order valence-corrected chi connectivity index (χ0v) is 11.5. The molecule has 0 atom stereocenters. The van der Waals surface area contributed by atoms with Crippen LogP contribution in [0.3, 0.4) is 0 Å². The summed E-state index contributed by atoms with van der Waals surface area (Å²) in [7, 11) is 0. The first kappa shape index (κ1) is 13.9. The Morgan fingerprint density at radius 1 is 1.14 bits per heavy atom. The highest BCUT2D eigenvalue weighted by molar-refractivity contribution is 6.01. The van der Waals surface area contributed by atoms with Gasteiger partial charge in [-0.25, -0.2) is 13.6 Å². The topological polar surface area (TPSA) is 56.9 Å². The van der Waals surface area contributed by atoms with Crippen LogP contribution in [0.5, 0.6) is 0 Å². The van der Waals surface area contributed by atoms with Crippen molar-refractivity contribution >= 4 is 22.6 Å². The van der Waals surface area contributed by atoms with Gasteiger partial charge < -0.3 is 15.6 Å². The maximum absolute atomic E-state index is 13.3. The van der Waals surface area contributed by atoms with Crippen molar-refractivity contribution in [2.45, 2.75) is 38.1 Å². The van der Waals surface area contributed by atoms with Gasteiger partial charge in [-0.2, -0.15) is 0 Å². The maximum atomic E-state index is 13.3. The van der Waals surface area contributed by atoms with Gasteiger partial charge in [0.05, 0.1) is 11.2 Å². The number of nitrogens with one attached hydrogen (secondary N) is 3. The van der Waals surface area contributed by atoms with Crippen LogP contribution in [-0.4, -0.2) is 17.1 Å². The molecule has 1 fully saturated rings. The van der Waals surface area contributed by atoms with Gasteiger partial charge in [0.15, 0.2) is 11.6 Å². The number of carbonyl (C=O) groups is 1. The molecule has 1 heterocycles. The summed E-state index contributed by atoms with van der Waals surface area (Å²) in [5.74, 6) is -1.85. The molecule has 1 aliphatic carbocycles. The zero-order chi connectivity index (χ0) is 14.8. The van der Waals surface area contributed by atoms with Crippen LogP contribution in [0.15, 0.2) is 18.3 Å². The highest BCUT2D eigenvalue weighted by Crippen LogP contribution is 2.25. The van der Waals surface area contributed by atoms with Crippen LogP contribution < -0.4 is 10.6 Å². The van der Waals surface area contributed by atoms with Gasteiger partial charge in [0.2, 0.25) is 0 Å². The number of hydrogen-bond acceptors (Lipinski definition) is 1. The number of benzene rings is 1. The fourth-order valence-electron chi connectivity index (χ4n) is 2.81. The molecule has 0 aliphatic heterocycles. The first-order chi connectivity index (χ1) is 10.1. The van der Waals surface area contributed by atoms with Gasteiger partial charge in [-0.1, -0.05) is 19.3 Å². The standard InChI is InChI=1S/C15H17F2N3O/c16-11-6-10-13(7-12(11)17)18-8-14(10)20-15(21)19-9-4-2-1-3-5-9/h6-9,18H,1-5H2,(H2,19,20,21). The number of rotatable bonds is 2. The van der Waals surface area contributed by atoms with Crippen molar-refractivity contribution in [1.82, 2.24) is 10.3 Å². The molecule has 21 heavy (non-hydrogen) atoms. The predicted octanol–water partition coefficient (Wildman–Crippen LogP) is 3.90. The van der Waals surface area contributed by atoms with Crippen LogP contribution in [0.25, 0.3) is 10.9 Å². The molecule has 0 bridgehead atoms. The van der Waals surface area contributed by atoms with E-state index < -0.39 is 11.6 Å². The van der Waals surface area contributed by atoms with Crippen molar-refractivity contribution < 1.29 is 13.6 Å². The SMILES string of the molecule is O=C(Nc1c[nH]c2cc(F)c(F)cc12)NC1CCCCC1. The molecule has 2 amide bonds. The lowest BCUT2D eigenvalue weighted by molar-refractivity contribution is 0.244. The number of amides is 2. The summed E-state index contributed by atoms with van der Waals surface area (Å²) < 4.78 is 26.4. The first-order valence-electron chi connectivity index (χ1n) is 7.17. The predicted molar refractivity (Wildman–Crippen MR) is 77.2 cm³/mol. The lowest BCUT2D eigenvalue weighted by atomic mass is 9.96. The second-order valence-electron chi connectivity index (χ2n) is 5.45. The Morgan fingerprint density at radius 2 is 1.86 bits per heavy atom. The summed E-state index contributed by atoms with van der Waals surface area (Å²) in [5, 5.41) is 6.06. The molecule has 2 aromatic rings. The number of halogens is 2. The third-order valence-electron chi connectivity index (χ3n) is 3.91. The normalized spacial score (nSPS) is 16.1. The minimum Gasteiger partial charge on any atom is -0.359 e. The molecule has 3 rings (SSSR count). The molecule has 0 spiro atoms. The number of urea groups is 1. The quantitative estimate of drug-likeness (QED) is 0.772. The highest BCUT2D eigenvalue weighted by Gasteiger charge is 2.17. The van der Waals surface area contributed by atoms with E-state index in [0.29, 0.717) is 16.6 Å². The van der Waals surface area contributed by atoms with Crippen molar-refractivity contribution in [1.29, 1.82) is 0 Å². The number of anilines is 1. The van der Waals surface area contributed by atoms with E-state index >= 15 is 0 Å². The van der Waals surface area contributed by atoms with Gasteiger partial charge >= 0.3 is 6.03 Å². The van der Waals surface area contributed by atoms with Crippen LogP contribution in [0.4, 0.5) is 19.3 Å². The third kappa shape index (κ3) is 2.99. The molecule has 0 saturated heterocycles. The summed E-state index contributed by atoms with van der Waals surface area (Å²) in [6, 6.07) is 2.04. The molecule has 1 aliphatic rings. The minimum atomic E-state index is -0.933. The second-order valence-corrected chi connectivity index (χ2v) is 5.45. The highest BCUT2D eigenvalue weighted by atomic mass is 19.2. The summed E-state index contributed by atoms with van der Waals surface area (Å²) in [5.41, 5.74) is 0.888. The Bertz CT molecular complexity index is 662. The van der Waals surface area contributed by atoms with E-state index in [1.807, 2.05) is 0 Å². The Kier molecular flexibility index (Phi) is 3.77. The van der Waals surface area contributed by atoms with E-state index in [1.165, 1.54) is 12.6 Å². The van der Waals surface area contributed by atoms with E-state index in [-0.39, 0.29) is 12.1 Å². The molecule has 3 N–H and O–H groups in total. The molecule has 1 aromatic heterocycles. The van der Waals surface area contributed by atoms with Crippen LogP contribution in [0.2, 0.25) is 0 Å². The Labute approximate surface area is 120 Å². The van der Waals surface area contributed by atoms with Gasteiger partial charge in [-0.05, 0) is 18.9 Å². The second kappa shape index (κ2) is 5.71.